The lowest BCUT2D eigenvalue weighted by Gasteiger charge is -2.32. The largest absolute Gasteiger partial charge is 0.343 e. The number of hydrogen-bond donors (Lipinski definition) is 0. The van der Waals surface area contributed by atoms with Gasteiger partial charge in [0, 0.05) is 19.5 Å². The summed E-state index contributed by atoms with van der Waals surface area (Å²) in [6, 6.07) is 10.6. The fourth-order valence-corrected chi connectivity index (χ4v) is 2.41. The Hall–Kier alpha value is -1.31. The Bertz CT molecular complexity index is 339. The minimum absolute atomic E-state index is 0.298. The van der Waals surface area contributed by atoms with E-state index in [1.165, 1.54) is 5.56 Å². The van der Waals surface area contributed by atoms with Crippen molar-refractivity contribution in [1.29, 1.82) is 0 Å². The molecule has 1 fully saturated rings. The molecule has 100 valence electrons. The maximum atomic E-state index is 11.5. The van der Waals surface area contributed by atoms with Crippen LogP contribution in [-0.4, -0.2) is 23.9 Å². The van der Waals surface area contributed by atoms with E-state index in [0.717, 1.165) is 25.9 Å². The normalized spacial score (nSPS) is 15.8. The third-order valence-electron chi connectivity index (χ3n) is 3.42. The first kappa shape index (κ1) is 14.7. The minimum atomic E-state index is 0.298. The molecule has 1 aliphatic heterocycles. The number of nitrogens with zero attached hydrogens (tertiary/aromatic N) is 1. The molecule has 2 rings (SSSR count). The van der Waals surface area contributed by atoms with Crippen molar-refractivity contribution in [3.05, 3.63) is 35.9 Å². The molecular formula is C16H25NO. The fraction of sp³-hybridized carbons (Fsp3) is 0.562. The zero-order valence-corrected chi connectivity index (χ0v) is 11.9. The molecule has 0 bridgehead atoms. The summed E-state index contributed by atoms with van der Waals surface area (Å²) in [6.07, 6.45) is 2.85. The van der Waals surface area contributed by atoms with E-state index in [2.05, 4.69) is 30.3 Å². The van der Waals surface area contributed by atoms with Crippen LogP contribution >= 0.6 is 0 Å². The number of piperidine rings is 1. The lowest BCUT2D eigenvalue weighted by Crippen LogP contribution is -2.37. The van der Waals surface area contributed by atoms with Gasteiger partial charge in [-0.25, -0.2) is 0 Å². The molecule has 0 aromatic heterocycles. The number of carbonyl (C=O) groups excluding carboxylic acids is 1. The van der Waals surface area contributed by atoms with Gasteiger partial charge in [-0.2, -0.15) is 0 Å². The third-order valence-corrected chi connectivity index (χ3v) is 3.42. The first-order chi connectivity index (χ1) is 8.81. The maximum absolute atomic E-state index is 11.5. The molecule has 1 aliphatic rings. The zero-order valence-electron chi connectivity index (χ0n) is 11.9. The average Bonchev–Trinajstić information content (AvgIpc) is 2.49. The highest BCUT2D eigenvalue weighted by molar-refractivity contribution is 5.75. The highest BCUT2D eigenvalue weighted by atomic mass is 16.2. The van der Waals surface area contributed by atoms with Crippen LogP contribution in [0.2, 0.25) is 0 Å². The summed E-state index contributed by atoms with van der Waals surface area (Å²) in [5.74, 6) is 0.939. The number of hydrogen-bond acceptors (Lipinski definition) is 1. The highest BCUT2D eigenvalue weighted by Gasteiger charge is 2.22. The molecule has 1 aromatic rings. The van der Waals surface area contributed by atoms with Crippen LogP contribution < -0.4 is 0 Å². The second-order valence-electron chi connectivity index (χ2n) is 4.42. The fourth-order valence-electron chi connectivity index (χ4n) is 2.41. The molecule has 0 spiro atoms. The molecule has 0 unspecified atom stereocenters. The second kappa shape index (κ2) is 7.91. The SMILES string of the molecule is CC.CCC(=O)N1CCC(c2ccccc2)CC1. The zero-order chi connectivity index (χ0) is 13.4. The van der Waals surface area contributed by atoms with Gasteiger partial charge in [-0.05, 0) is 24.3 Å². The first-order valence-corrected chi connectivity index (χ1v) is 7.14. The lowest BCUT2D eigenvalue weighted by atomic mass is 9.89. The van der Waals surface area contributed by atoms with E-state index in [1.807, 2.05) is 25.7 Å². The van der Waals surface area contributed by atoms with Gasteiger partial charge in [0.15, 0.2) is 0 Å². The van der Waals surface area contributed by atoms with Crippen LogP contribution in [0.25, 0.3) is 0 Å². The van der Waals surface area contributed by atoms with Gasteiger partial charge in [0.25, 0.3) is 0 Å². The van der Waals surface area contributed by atoms with Gasteiger partial charge in [-0.1, -0.05) is 51.1 Å². The molecule has 0 saturated carbocycles. The monoisotopic (exact) mass is 247 g/mol. The number of carbonyl (C=O) groups is 1. The van der Waals surface area contributed by atoms with Crippen molar-refractivity contribution in [2.75, 3.05) is 13.1 Å². The smallest absolute Gasteiger partial charge is 0.222 e. The number of benzene rings is 1. The molecule has 0 atom stereocenters. The molecule has 0 N–H and O–H groups in total. The summed E-state index contributed by atoms with van der Waals surface area (Å²) < 4.78 is 0. The Morgan fingerprint density at radius 3 is 2.22 bits per heavy atom. The summed E-state index contributed by atoms with van der Waals surface area (Å²) in [4.78, 5) is 13.5. The maximum Gasteiger partial charge on any atom is 0.222 e. The van der Waals surface area contributed by atoms with E-state index in [0.29, 0.717) is 18.2 Å². The van der Waals surface area contributed by atoms with Gasteiger partial charge in [-0.3, -0.25) is 4.79 Å². The van der Waals surface area contributed by atoms with Crippen LogP contribution in [0, 0.1) is 0 Å². The summed E-state index contributed by atoms with van der Waals surface area (Å²) >= 11 is 0. The van der Waals surface area contributed by atoms with Crippen molar-refractivity contribution in [3.8, 4) is 0 Å². The molecule has 18 heavy (non-hydrogen) atoms. The minimum Gasteiger partial charge on any atom is -0.343 e. The quantitative estimate of drug-likeness (QED) is 0.778. The van der Waals surface area contributed by atoms with Gasteiger partial charge in [0.1, 0.15) is 0 Å². The van der Waals surface area contributed by atoms with Crippen molar-refractivity contribution >= 4 is 5.91 Å². The summed E-state index contributed by atoms with van der Waals surface area (Å²) in [5.41, 5.74) is 1.42. The highest BCUT2D eigenvalue weighted by Crippen LogP contribution is 2.27. The van der Waals surface area contributed by atoms with E-state index < -0.39 is 0 Å². The van der Waals surface area contributed by atoms with Gasteiger partial charge in [-0.15, -0.1) is 0 Å². The molecule has 1 amide bonds. The van der Waals surface area contributed by atoms with Crippen molar-refractivity contribution in [1.82, 2.24) is 4.90 Å². The molecular weight excluding hydrogens is 222 g/mol. The molecule has 1 saturated heterocycles. The standard InChI is InChI=1S/C14H19NO.C2H6/c1-2-14(16)15-10-8-13(9-11-15)12-6-4-3-5-7-12;1-2/h3-7,13H,2,8-11H2,1H3;1-2H3. The van der Waals surface area contributed by atoms with Crippen molar-refractivity contribution in [2.24, 2.45) is 0 Å². The molecule has 0 radical (unpaired) electrons. The van der Waals surface area contributed by atoms with Crippen LogP contribution in [-0.2, 0) is 4.79 Å². The number of amides is 1. The predicted molar refractivity (Wildman–Crippen MR) is 76.6 cm³/mol. The molecule has 2 nitrogen and oxygen atoms in total. The Kier molecular flexibility index (Phi) is 6.48. The van der Waals surface area contributed by atoms with Crippen LogP contribution in [0.15, 0.2) is 30.3 Å². The van der Waals surface area contributed by atoms with Crippen molar-refractivity contribution < 1.29 is 4.79 Å². The van der Waals surface area contributed by atoms with Crippen molar-refractivity contribution in [2.45, 2.75) is 46.0 Å². The summed E-state index contributed by atoms with van der Waals surface area (Å²) in [5, 5.41) is 0. The van der Waals surface area contributed by atoms with E-state index in [-0.39, 0.29) is 0 Å². The molecule has 2 heteroatoms. The topological polar surface area (TPSA) is 20.3 Å². The van der Waals surface area contributed by atoms with Crippen LogP contribution in [0.5, 0.6) is 0 Å². The predicted octanol–water partition coefficient (Wildman–Crippen LogP) is 3.83. The molecule has 1 heterocycles. The van der Waals surface area contributed by atoms with E-state index in [1.54, 1.807) is 0 Å². The summed E-state index contributed by atoms with van der Waals surface area (Å²) in [6.45, 7) is 7.78. The summed E-state index contributed by atoms with van der Waals surface area (Å²) in [7, 11) is 0. The average molecular weight is 247 g/mol. The van der Waals surface area contributed by atoms with Gasteiger partial charge >= 0.3 is 0 Å². The molecule has 1 aromatic carbocycles. The van der Waals surface area contributed by atoms with Crippen LogP contribution in [0.4, 0.5) is 0 Å². The first-order valence-electron chi connectivity index (χ1n) is 7.14. The lowest BCUT2D eigenvalue weighted by molar-refractivity contribution is -0.131. The Labute approximate surface area is 111 Å². The Balaban J connectivity index is 0.000000771. The number of rotatable bonds is 2. The van der Waals surface area contributed by atoms with E-state index in [4.69, 9.17) is 0 Å². The Morgan fingerprint density at radius 1 is 1.17 bits per heavy atom. The van der Waals surface area contributed by atoms with Crippen LogP contribution in [0.3, 0.4) is 0 Å². The third kappa shape index (κ3) is 3.86. The molecule has 0 aliphatic carbocycles. The van der Waals surface area contributed by atoms with E-state index >= 15 is 0 Å². The Morgan fingerprint density at radius 2 is 1.72 bits per heavy atom. The van der Waals surface area contributed by atoms with Gasteiger partial charge in [0.05, 0.1) is 0 Å². The van der Waals surface area contributed by atoms with Gasteiger partial charge in [0.2, 0.25) is 5.91 Å². The van der Waals surface area contributed by atoms with Crippen molar-refractivity contribution in [3.63, 3.8) is 0 Å². The van der Waals surface area contributed by atoms with Crippen LogP contribution in [0.1, 0.15) is 51.5 Å². The van der Waals surface area contributed by atoms with E-state index in [9.17, 15) is 4.79 Å². The second-order valence-corrected chi connectivity index (χ2v) is 4.42. The number of likely N-dealkylation sites (tertiary alicyclic amines) is 1. The van der Waals surface area contributed by atoms with Gasteiger partial charge < -0.3 is 4.90 Å².